The van der Waals surface area contributed by atoms with Crippen LogP contribution in [0.15, 0.2) is 77.7 Å². The van der Waals surface area contributed by atoms with E-state index in [0.29, 0.717) is 11.4 Å². The summed E-state index contributed by atoms with van der Waals surface area (Å²) < 4.78 is 33.6. The van der Waals surface area contributed by atoms with Crippen LogP contribution in [0.1, 0.15) is 58.2 Å². The molecule has 0 aliphatic heterocycles. The summed E-state index contributed by atoms with van der Waals surface area (Å²) in [7, 11) is -3.67. The van der Waals surface area contributed by atoms with Crippen molar-refractivity contribution in [3.8, 4) is 5.75 Å². The van der Waals surface area contributed by atoms with Gasteiger partial charge in [-0.25, -0.2) is 13.1 Å². The highest BCUT2D eigenvalue weighted by Gasteiger charge is 2.23. The maximum Gasteiger partial charge on any atom is 0.262 e. The van der Waals surface area contributed by atoms with Crippen molar-refractivity contribution in [2.75, 3.05) is 11.9 Å². The fraction of sp³-hybridized carbons (Fsp3) is 0.345. The number of amides is 1. The zero-order valence-corrected chi connectivity index (χ0v) is 22.7. The molecule has 0 fully saturated rings. The second-order valence-corrected chi connectivity index (χ2v) is 12.6. The number of ether oxygens (including phenoxy) is 1. The van der Waals surface area contributed by atoms with Gasteiger partial charge in [-0.15, -0.1) is 0 Å². The predicted octanol–water partition coefficient (Wildman–Crippen LogP) is 5.78. The molecular weight excluding hydrogens is 472 g/mol. The van der Waals surface area contributed by atoms with Crippen molar-refractivity contribution >= 4 is 21.6 Å². The molecule has 0 aliphatic carbocycles. The molecule has 0 spiro atoms. The molecule has 3 aromatic rings. The Bertz CT molecular complexity index is 1290. The van der Waals surface area contributed by atoms with Crippen LogP contribution in [0.2, 0.25) is 0 Å². The lowest BCUT2D eigenvalue weighted by Crippen LogP contribution is -2.24. The van der Waals surface area contributed by atoms with Gasteiger partial charge < -0.3 is 10.1 Å². The fourth-order valence-corrected chi connectivity index (χ4v) is 4.64. The van der Waals surface area contributed by atoms with Crippen LogP contribution in [0.5, 0.6) is 5.75 Å². The summed E-state index contributed by atoms with van der Waals surface area (Å²) in [5, 5.41) is 2.76. The van der Waals surface area contributed by atoms with E-state index < -0.39 is 10.0 Å². The predicted molar refractivity (Wildman–Crippen MR) is 145 cm³/mol. The summed E-state index contributed by atoms with van der Waals surface area (Å²) in [6, 6.07) is 21.5. The Kier molecular flexibility index (Phi) is 8.26. The number of hydrogen-bond acceptors (Lipinski definition) is 4. The topological polar surface area (TPSA) is 84.5 Å². The van der Waals surface area contributed by atoms with E-state index in [9.17, 15) is 13.2 Å². The van der Waals surface area contributed by atoms with Gasteiger partial charge in [0.15, 0.2) is 6.61 Å². The number of anilines is 1. The SMILES string of the molecule is CC(C)(C)c1ccc(OCC(=O)Nc2ccc(S(=O)(=O)NCc3ccccc3)cc2)c(C(C)(C)C)c1. The number of benzene rings is 3. The van der Waals surface area contributed by atoms with Gasteiger partial charge in [-0.3, -0.25) is 4.79 Å². The Morgan fingerprint density at radius 1 is 0.833 bits per heavy atom. The number of rotatable bonds is 8. The Labute approximate surface area is 215 Å². The first-order valence-electron chi connectivity index (χ1n) is 12.0. The van der Waals surface area contributed by atoms with Gasteiger partial charge in [0.25, 0.3) is 5.91 Å². The molecule has 6 nitrogen and oxygen atoms in total. The Hall–Kier alpha value is -3.16. The molecule has 0 unspecified atom stereocenters. The second-order valence-electron chi connectivity index (χ2n) is 10.9. The minimum atomic E-state index is -3.67. The average molecular weight is 509 g/mol. The zero-order chi connectivity index (χ0) is 26.6. The van der Waals surface area contributed by atoms with Crippen molar-refractivity contribution in [1.82, 2.24) is 4.72 Å². The van der Waals surface area contributed by atoms with E-state index in [-0.39, 0.29) is 34.8 Å². The molecule has 0 bridgehead atoms. The van der Waals surface area contributed by atoms with Crippen LogP contribution in [0, 0.1) is 0 Å². The molecule has 192 valence electrons. The third-order valence-corrected chi connectivity index (χ3v) is 7.19. The molecule has 36 heavy (non-hydrogen) atoms. The molecule has 0 radical (unpaired) electrons. The van der Waals surface area contributed by atoms with Gasteiger partial charge in [0.05, 0.1) is 4.90 Å². The quantitative estimate of drug-likeness (QED) is 0.404. The van der Waals surface area contributed by atoms with Crippen LogP contribution in [-0.4, -0.2) is 20.9 Å². The number of carbonyl (C=O) groups excluding carboxylic acids is 1. The first kappa shape index (κ1) is 27.4. The summed E-state index contributed by atoms with van der Waals surface area (Å²) in [6.45, 7) is 12.9. The summed E-state index contributed by atoms with van der Waals surface area (Å²) in [5.74, 6) is 0.351. The Morgan fingerprint density at radius 2 is 1.47 bits per heavy atom. The van der Waals surface area contributed by atoms with Gasteiger partial charge in [-0.1, -0.05) is 84.0 Å². The number of nitrogens with one attached hydrogen (secondary N) is 2. The Balaban J connectivity index is 1.62. The van der Waals surface area contributed by atoms with Crippen LogP contribution < -0.4 is 14.8 Å². The van der Waals surface area contributed by atoms with Crippen LogP contribution in [0.25, 0.3) is 0 Å². The highest BCUT2D eigenvalue weighted by atomic mass is 32.2. The summed E-state index contributed by atoms with van der Waals surface area (Å²) in [4.78, 5) is 12.7. The monoisotopic (exact) mass is 508 g/mol. The maximum atomic E-state index is 12.6. The molecule has 3 rings (SSSR count). The maximum absolute atomic E-state index is 12.6. The molecule has 0 aliphatic rings. The number of carbonyl (C=O) groups is 1. The first-order chi connectivity index (χ1) is 16.8. The third kappa shape index (κ3) is 7.42. The molecule has 0 atom stereocenters. The average Bonchev–Trinajstić information content (AvgIpc) is 2.81. The summed E-state index contributed by atoms with van der Waals surface area (Å²) in [5.41, 5.74) is 3.46. The van der Waals surface area contributed by atoms with E-state index in [0.717, 1.165) is 11.1 Å². The van der Waals surface area contributed by atoms with Crippen molar-refractivity contribution in [2.45, 2.75) is 63.8 Å². The lowest BCUT2D eigenvalue weighted by Gasteiger charge is -2.27. The summed E-state index contributed by atoms with van der Waals surface area (Å²) >= 11 is 0. The molecule has 2 N–H and O–H groups in total. The third-order valence-electron chi connectivity index (χ3n) is 5.77. The van der Waals surface area contributed by atoms with E-state index in [1.54, 1.807) is 12.1 Å². The van der Waals surface area contributed by atoms with Gasteiger partial charge in [-0.05, 0) is 57.9 Å². The molecule has 0 heterocycles. The largest absolute Gasteiger partial charge is 0.483 e. The molecule has 0 aromatic heterocycles. The highest BCUT2D eigenvalue weighted by molar-refractivity contribution is 7.89. The molecule has 7 heteroatoms. The van der Waals surface area contributed by atoms with E-state index in [1.807, 2.05) is 42.5 Å². The fourth-order valence-electron chi connectivity index (χ4n) is 3.62. The van der Waals surface area contributed by atoms with E-state index >= 15 is 0 Å². The zero-order valence-electron chi connectivity index (χ0n) is 21.9. The standard InChI is InChI=1S/C29H36N2O4S/c1-28(2,3)22-12-17-26(25(18-22)29(4,5)6)35-20-27(32)31-23-13-15-24(16-14-23)36(33,34)30-19-21-10-8-7-9-11-21/h7-18,30H,19-20H2,1-6H3,(H,31,32). The van der Waals surface area contributed by atoms with Crippen LogP contribution in [0.4, 0.5) is 5.69 Å². The number of hydrogen-bond donors (Lipinski definition) is 2. The van der Waals surface area contributed by atoms with E-state index in [4.69, 9.17) is 4.74 Å². The normalized spacial score (nSPS) is 12.3. The van der Waals surface area contributed by atoms with Crippen LogP contribution in [0.3, 0.4) is 0 Å². The van der Waals surface area contributed by atoms with Crippen LogP contribution >= 0.6 is 0 Å². The Morgan fingerprint density at radius 3 is 2.06 bits per heavy atom. The van der Waals surface area contributed by atoms with Crippen molar-refractivity contribution in [2.24, 2.45) is 0 Å². The van der Waals surface area contributed by atoms with Crippen molar-refractivity contribution in [1.29, 1.82) is 0 Å². The minimum Gasteiger partial charge on any atom is -0.483 e. The van der Waals surface area contributed by atoms with E-state index in [1.165, 1.54) is 17.7 Å². The van der Waals surface area contributed by atoms with Crippen molar-refractivity contribution in [3.63, 3.8) is 0 Å². The van der Waals surface area contributed by atoms with Gasteiger partial charge in [0, 0.05) is 12.2 Å². The minimum absolute atomic E-state index is 0.00656. The molecule has 3 aromatic carbocycles. The van der Waals surface area contributed by atoms with Gasteiger partial charge in [-0.2, -0.15) is 0 Å². The number of sulfonamides is 1. The van der Waals surface area contributed by atoms with Crippen molar-refractivity contribution < 1.29 is 17.9 Å². The van der Waals surface area contributed by atoms with Crippen LogP contribution in [-0.2, 0) is 32.2 Å². The van der Waals surface area contributed by atoms with Gasteiger partial charge in [0.1, 0.15) is 5.75 Å². The first-order valence-corrected chi connectivity index (χ1v) is 13.5. The molecule has 1 amide bonds. The van der Waals surface area contributed by atoms with E-state index in [2.05, 4.69) is 57.6 Å². The van der Waals surface area contributed by atoms with Gasteiger partial charge >= 0.3 is 0 Å². The smallest absolute Gasteiger partial charge is 0.262 e. The molecule has 0 saturated carbocycles. The molecule has 0 saturated heterocycles. The highest BCUT2D eigenvalue weighted by Crippen LogP contribution is 2.35. The summed E-state index contributed by atoms with van der Waals surface area (Å²) in [6.07, 6.45) is 0. The second kappa shape index (κ2) is 10.8. The van der Waals surface area contributed by atoms with Crippen molar-refractivity contribution in [3.05, 3.63) is 89.5 Å². The molecular formula is C29H36N2O4S. The van der Waals surface area contributed by atoms with Gasteiger partial charge in [0.2, 0.25) is 10.0 Å². The lowest BCUT2D eigenvalue weighted by atomic mass is 9.80. The lowest BCUT2D eigenvalue weighted by molar-refractivity contribution is -0.118.